The zero-order chi connectivity index (χ0) is 15.2. The molecule has 2 N–H and O–H groups in total. The molecule has 0 radical (unpaired) electrons. The van der Waals surface area contributed by atoms with Crippen LogP contribution in [0.1, 0.15) is 30.9 Å². The van der Waals surface area contributed by atoms with E-state index in [9.17, 15) is 8.42 Å². The van der Waals surface area contributed by atoms with Crippen LogP contribution in [-0.2, 0) is 10.0 Å². The lowest BCUT2D eigenvalue weighted by molar-refractivity contribution is 0.254. The molecule has 0 fully saturated rings. The van der Waals surface area contributed by atoms with Gasteiger partial charge in [-0.25, -0.2) is 13.1 Å². The molecule has 0 aliphatic heterocycles. The highest BCUT2D eigenvalue weighted by molar-refractivity contribution is 7.89. The summed E-state index contributed by atoms with van der Waals surface area (Å²) in [5, 5.41) is 17.8. The zero-order valence-electron chi connectivity index (χ0n) is 11.8. The number of nitrogens with zero attached hydrogens (tertiary/aromatic N) is 1. The number of rotatable bonds is 7. The van der Waals surface area contributed by atoms with Crippen molar-refractivity contribution in [2.75, 3.05) is 13.2 Å². The van der Waals surface area contributed by atoms with Crippen molar-refractivity contribution in [3.05, 3.63) is 29.3 Å². The lowest BCUT2D eigenvalue weighted by atomic mass is 10.0. The largest absolute Gasteiger partial charge is 0.396 e. The van der Waals surface area contributed by atoms with Gasteiger partial charge in [-0.05, 0) is 37.0 Å². The van der Waals surface area contributed by atoms with E-state index in [1.165, 1.54) is 6.07 Å². The second kappa shape index (κ2) is 7.39. The Labute approximate surface area is 120 Å². The molecule has 5 nitrogen and oxygen atoms in total. The van der Waals surface area contributed by atoms with Crippen molar-refractivity contribution in [2.45, 2.75) is 31.6 Å². The number of hydrogen-bond donors (Lipinski definition) is 2. The number of hydrogen-bond acceptors (Lipinski definition) is 4. The van der Waals surface area contributed by atoms with Crippen LogP contribution in [0.5, 0.6) is 0 Å². The predicted molar refractivity (Wildman–Crippen MR) is 76.6 cm³/mol. The summed E-state index contributed by atoms with van der Waals surface area (Å²) in [7, 11) is -3.63. The SMILES string of the molecule is CCC(CCO)CNS(=O)(=O)c1cc(C#N)ccc1C. The maximum atomic E-state index is 12.3. The summed E-state index contributed by atoms with van der Waals surface area (Å²) in [6, 6.07) is 6.53. The van der Waals surface area contributed by atoms with E-state index >= 15 is 0 Å². The summed E-state index contributed by atoms with van der Waals surface area (Å²) in [5.74, 6) is 0.106. The summed E-state index contributed by atoms with van der Waals surface area (Å²) < 4.78 is 27.1. The highest BCUT2D eigenvalue weighted by Gasteiger charge is 2.18. The van der Waals surface area contributed by atoms with Crippen LogP contribution in [0.2, 0.25) is 0 Å². The smallest absolute Gasteiger partial charge is 0.240 e. The first kappa shape index (κ1) is 16.6. The molecule has 20 heavy (non-hydrogen) atoms. The Morgan fingerprint density at radius 2 is 2.15 bits per heavy atom. The van der Waals surface area contributed by atoms with Crippen LogP contribution in [-0.4, -0.2) is 26.7 Å². The van der Waals surface area contributed by atoms with E-state index in [1.807, 2.05) is 13.0 Å². The van der Waals surface area contributed by atoms with E-state index in [4.69, 9.17) is 10.4 Å². The van der Waals surface area contributed by atoms with Gasteiger partial charge >= 0.3 is 0 Å². The van der Waals surface area contributed by atoms with Crippen LogP contribution in [0.15, 0.2) is 23.1 Å². The number of nitrogens with one attached hydrogen (secondary N) is 1. The molecule has 0 saturated carbocycles. The fourth-order valence-electron chi connectivity index (χ4n) is 1.90. The van der Waals surface area contributed by atoms with E-state index < -0.39 is 10.0 Å². The highest BCUT2D eigenvalue weighted by Crippen LogP contribution is 2.17. The Morgan fingerprint density at radius 1 is 1.45 bits per heavy atom. The van der Waals surface area contributed by atoms with Crippen molar-refractivity contribution >= 4 is 10.0 Å². The number of sulfonamides is 1. The monoisotopic (exact) mass is 296 g/mol. The molecule has 0 aromatic heterocycles. The molecule has 1 rings (SSSR count). The Morgan fingerprint density at radius 3 is 2.70 bits per heavy atom. The molecule has 1 aromatic carbocycles. The van der Waals surface area contributed by atoms with Crippen molar-refractivity contribution in [3.63, 3.8) is 0 Å². The second-order valence-corrected chi connectivity index (χ2v) is 6.47. The molecule has 0 aliphatic carbocycles. The Bertz CT molecular complexity index is 591. The Kier molecular flexibility index (Phi) is 6.14. The Hall–Kier alpha value is -1.42. The first-order chi connectivity index (χ1) is 9.44. The fourth-order valence-corrected chi connectivity index (χ4v) is 3.28. The van der Waals surface area contributed by atoms with Gasteiger partial charge in [0.25, 0.3) is 0 Å². The van der Waals surface area contributed by atoms with Crippen molar-refractivity contribution in [3.8, 4) is 6.07 Å². The molecule has 0 amide bonds. The number of aliphatic hydroxyl groups is 1. The van der Waals surface area contributed by atoms with Gasteiger partial charge in [0.1, 0.15) is 0 Å². The summed E-state index contributed by atoms with van der Waals surface area (Å²) in [6.07, 6.45) is 1.36. The van der Waals surface area contributed by atoms with Crippen molar-refractivity contribution in [2.24, 2.45) is 5.92 Å². The van der Waals surface area contributed by atoms with Crippen LogP contribution in [0, 0.1) is 24.2 Å². The van der Waals surface area contributed by atoms with Crippen LogP contribution >= 0.6 is 0 Å². The molecular weight excluding hydrogens is 276 g/mol. The lowest BCUT2D eigenvalue weighted by Gasteiger charge is -2.15. The number of benzene rings is 1. The standard InChI is InChI=1S/C14H20N2O3S/c1-3-12(6-7-17)10-16-20(18,19)14-8-13(9-15)5-4-11(14)2/h4-5,8,12,16-17H,3,6-7,10H2,1-2H3. The third kappa shape index (κ3) is 4.30. The van der Waals surface area contributed by atoms with Gasteiger partial charge in [0.05, 0.1) is 16.5 Å². The molecule has 1 unspecified atom stereocenters. The van der Waals surface area contributed by atoms with Crippen molar-refractivity contribution in [1.82, 2.24) is 4.72 Å². The van der Waals surface area contributed by atoms with Crippen LogP contribution in [0.4, 0.5) is 0 Å². The third-order valence-corrected chi connectivity index (χ3v) is 4.85. The van der Waals surface area contributed by atoms with E-state index in [1.54, 1.807) is 19.1 Å². The van der Waals surface area contributed by atoms with Crippen LogP contribution < -0.4 is 4.72 Å². The topological polar surface area (TPSA) is 90.2 Å². The second-order valence-electron chi connectivity index (χ2n) is 4.73. The molecular formula is C14H20N2O3S. The molecule has 1 aromatic rings. The van der Waals surface area contributed by atoms with Crippen LogP contribution in [0.3, 0.4) is 0 Å². The van der Waals surface area contributed by atoms with E-state index in [0.717, 1.165) is 6.42 Å². The number of aliphatic hydroxyl groups excluding tert-OH is 1. The quantitative estimate of drug-likeness (QED) is 0.799. The van der Waals surface area contributed by atoms with Gasteiger partial charge in [0.2, 0.25) is 10.0 Å². The molecule has 0 bridgehead atoms. The van der Waals surface area contributed by atoms with Gasteiger partial charge in [-0.1, -0.05) is 19.4 Å². The van der Waals surface area contributed by atoms with Crippen molar-refractivity contribution in [1.29, 1.82) is 5.26 Å². The maximum absolute atomic E-state index is 12.3. The van der Waals surface area contributed by atoms with E-state index in [0.29, 0.717) is 17.5 Å². The van der Waals surface area contributed by atoms with Gasteiger partial charge in [-0.15, -0.1) is 0 Å². The van der Waals surface area contributed by atoms with Crippen molar-refractivity contribution < 1.29 is 13.5 Å². The first-order valence-corrected chi connectivity index (χ1v) is 8.04. The van der Waals surface area contributed by atoms with Gasteiger partial charge in [-0.3, -0.25) is 0 Å². The zero-order valence-corrected chi connectivity index (χ0v) is 12.6. The molecule has 0 heterocycles. The van der Waals surface area contributed by atoms with Gasteiger partial charge in [-0.2, -0.15) is 5.26 Å². The molecule has 110 valence electrons. The van der Waals surface area contributed by atoms with E-state index in [-0.39, 0.29) is 24.0 Å². The first-order valence-electron chi connectivity index (χ1n) is 6.55. The molecule has 0 aliphatic rings. The van der Waals surface area contributed by atoms with Gasteiger partial charge < -0.3 is 5.11 Å². The van der Waals surface area contributed by atoms with E-state index in [2.05, 4.69) is 4.72 Å². The van der Waals surface area contributed by atoms with Crippen LogP contribution in [0.25, 0.3) is 0 Å². The average molecular weight is 296 g/mol. The fraction of sp³-hybridized carbons (Fsp3) is 0.500. The number of nitriles is 1. The minimum atomic E-state index is -3.63. The maximum Gasteiger partial charge on any atom is 0.240 e. The molecule has 6 heteroatoms. The highest BCUT2D eigenvalue weighted by atomic mass is 32.2. The normalized spacial score (nSPS) is 12.9. The summed E-state index contributed by atoms with van der Waals surface area (Å²) in [6.45, 7) is 3.98. The van der Waals surface area contributed by atoms with Gasteiger partial charge in [0.15, 0.2) is 0 Å². The predicted octanol–water partition coefficient (Wildman–Crippen LogP) is 1.55. The molecule has 0 spiro atoms. The third-order valence-electron chi connectivity index (χ3n) is 3.28. The Balaban J connectivity index is 2.92. The van der Waals surface area contributed by atoms with Gasteiger partial charge in [0, 0.05) is 13.2 Å². The summed E-state index contributed by atoms with van der Waals surface area (Å²) >= 11 is 0. The average Bonchev–Trinajstić information content (AvgIpc) is 2.43. The molecule has 1 atom stereocenters. The number of aryl methyl sites for hydroxylation is 1. The minimum absolute atomic E-state index is 0.0448. The minimum Gasteiger partial charge on any atom is -0.396 e. The lowest BCUT2D eigenvalue weighted by Crippen LogP contribution is -2.30. The summed E-state index contributed by atoms with van der Waals surface area (Å²) in [5.41, 5.74) is 0.921. The molecule has 0 saturated heterocycles. The summed E-state index contributed by atoms with van der Waals surface area (Å²) in [4.78, 5) is 0.135.